The van der Waals surface area contributed by atoms with Crippen LogP contribution in [0, 0.1) is 0 Å². The second-order valence-corrected chi connectivity index (χ2v) is 4.50. The molecule has 0 fully saturated rings. The molecule has 1 rings (SSSR count). The van der Waals surface area contributed by atoms with Gasteiger partial charge < -0.3 is 0 Å². The molecule has 16 heavy (non-hydrogen) atoms. The fraction of sp³-hybridized carbons (Fsp3) is 0.300. The van der Waals surface area contributed by atoms with Gasteiger partial charge >= 0.3 is 0 Å². The third kappa shape index (κ3) is 3.10. The van der Waals surface area contributed by atoms with Crippen LogP contribution in [0.15, 0.2) is 30.3 Å². The van der Waals surface area contributed by atoms with E-state index in [4.69, 9.17) is 5.21 Å². The van der Waals surface area contributed by atoms with Gasteiger partial charge in [0, 0.05) is 0 Å². The minimum Gasteiger partial charge on any atom is -0.289 e. The second kappa shape index (κ2) is 5.70. The molecule has 3 N–H and O–H groups in total. The number of benzene rings is 1. The van der Waals surface area contributed by atoms with Crippen molar-refractivity contribution in [1.29, 1.82) is 0 Å². The van der Waals surface area contributed by atoms with Crippen molar-refractivity contribution in [3.8, 4) is 0 Å². The van der Waals surface area contributed by atoms with Gasteiger partial charge in [-0.3, -0.25) is 19.9 Å². The zero-order chi connectivity index (χ0) is 12.0. The summed E-state index contributed by atoms with van der Waals surface area (Å²) >= 11 is 0. The van der Waals surface area contributed by atoms with Crippen molar-refractivity contribution >= 4 is 14.4 Å². The van der Waals surface area contributed by atoms with Crippen LogP contribution in [0.1, 0.15) is 12.5 Å². The Morgan fingerprint density at radius 2 is 2.06 bits per heavy atom. The molecule has 0 saturated heterocycles. The first-order chi connectivity index (χ1) is 7.62. The van der Waals surface area contributed by atoms with Crippen LogP contribution in [-0.4, -0.2) is 17.7 Å². The molecule has 0 radical (unpaired) electrons. The maximum Gasteiger partial charge on any atom is 0.257 e. The fourth-order valence-electron chi connectivity index (χ4n) is 1.24. The lowest BCUT2D eigenvalue weighted by molar-refractivity contribution is -0.128. The van der Waals surface area contributed by atoms with Crippen molar-refractivity contribution in [3.63, 3.8) is 0 Å². The van der Waals surface area contributed by atoms with E-state index in [2.05, 4.69) is 5.32 Å². The van der Waals surface area contributed by atoms with Gasteiger partial charge in [-0.2, -0.15) is 0 Å². The molecule has 1 amide bonds. The van der Waals surface area contributed by atoms with Crippen LogP contribution in [0.2, 0.25) is 0 Å². The van der Waals surface area contributed by atoms with E-state index >= 15 is 0 Å². The fourth-order valence-corrected chi connectivity index (χ4v) is 1.64. The van der Waals surface area contributed by atoms with E-state index in [9.17, 15) is 9.36 Å². The molecule has 1 unspecified atom stereocenters. The van der Waals surface area contributed by atoms with E-state index in [-0.39, 0.29) is 15.0 Å². The van der Waals surface area contributed by atoms with Gasteiger partial charge in [-0.1, -0.05) is 30.3 Å². The molecular formula is C10H13N2O3P. The number of rotatable bonds is 5. The number of hydroxylamine groups is 1. The molecule has 0 spiro atoms. The third-order valence-corrected chi connectivity index (χ3v) is 3.02. The Morgan fingerprint density at radius 1 is 1.44 bits per heavy atom. The van der Waals surface area contributed by atoms with E-state index in [0.29, 0.717) is 0 Å². The van der Waals surface area contributed by atoms with Gasteiger partial charge in [0.05, 0.1) is 6.54 Å². The lowest BCUT2D eigenvalue weighted by atomic mass is 10.1. The Balaban J connectivity index is 2.78. The topological polar surface area (TPSA) is 78.4 Å². The highest BCUT2D eigenvalue weighted by atomic mass is 31.1. The number of nitrogens with one attached hydrogen (secondary N) is 2. The van der Waals surface area contributed by atoms with Crippen molar-refractivity contribution in [1.82, 2.24) is 10.8 Å². The summed E-state index contributed by atoms with van der Waals surface area (Å²) < 4.78 is 11.2. The Bertz CT molecular complexity index is 372. The van der Waals surface area contributed by atoms with Crippen LogP contribution in [0.3, 0.4) is 0 Å². The second-order valence-electron chi connectivity index (χ2n) is 3.42. The van der Waals surface area contributed by atoms with Gasteiger partial charge in [0.2, 0.25) is 0 Å². The monoisotopic (exact) mass is 240 g/mol. The molecule has 0 aliphatic rings. The molecule has 1 atom stereocenters. The lowest BCUT2D eigenvalue weighted by Gasteiger charge is -2.23. The van der Waals surface area contributed by atoms with E-state index in [0.717, 1.165) is 5.56 Å². The largest absolute Gasteiger partial charge is 0.289 e. The summed E-state index contributed by atoms with van der Waals surface area (Å²) in [6.07, 6.45) is 0. The first kappa shape index (κ1) is 12.8. The van der Waals surface area contributed by atoms with E-state index in [1.54, 1.807) is 6.92 Å². The van der Waals surface area contributed by atoms with Crippen LogP contribution in [0.4, 0.5) is 0 Å². The first-order valence-electron chi connectivity index (χ1n) is 4.70. The maximum atomic E-state index is 11.2. The molecule has 0 heterocycles. The summed E-state index contributed by atoms with van der Waals surface area (Å²) in [7, 11) is -0.144. The van der Waals surface area contributed by atoms with Gasteiger partial charge in [0.15, 0.2) is 8.46 Å². The van der Waals surface area contributed by atoms with E-state index < -0.39 is 11.2 Å². The van der Waals surface area contributed by atoms with Crippen LogP contribution in [0.5, 0.6) is 0 Å². The number of hydrogen-bond donors (Lipinski definition) is 3. The molecule has 1 aromatic rings. The summed E-state index contributed by atoms with van der Waals surface area (Å²) in [6, 6.07) is 9.13. The van der Waals surface area contributed by atoms with Crippen LogP contribution >= 0.6 is 8.46 Å². The quantitative estimate of drug-likeness (QED) is 0.411. The average Bonchev–Trinajstić information content (AvgIpc) is 2.36. The van der Waals surface area contributed by atoms with Gasteiger partial charge in [0.25, 0.3) is 5.91 Å². The smallest absolute Gasteiger partial charge is 0.257 e. The van der Waals surface area contributed by atoms with Gasteiger partial charge in [-0.05, 0) is 12.5 Å². The Morgan fingerprint density at radius 3 is 2.56 bits per heavy atom. The molecule has 0 aliphatic heterocycles. The van der Waals surface area contributed by atoms with Crippen molar-refractivity contribution in [2.45, 2.75) is 12.2 Å². The highest BCUT2D eigenvalue weighted by Crippen LogP contribution is 2.31. The number of carbonyl (C=O) groups is 1. The molecular weight excluding hydrogens is 227 g/mol. The van der Waals surface area contributed by atoms with Gasteiger partial charge in [-0.25, -0.2) is 5.48 Å². The third-order valence-electron chi connectivity index (χ3n) is 2.24. The number of hydrogen-bond acceptors (Lipinski definition) is 4. The highest BCUT2D eigenvalue weighted by Gasteiger charge is 2.27. The van der Waals surface area contributed by atoms with E-state index in [1.807, 2.05) is 30.3 Å². The van der Waals surface area contributed by atoms with Crippen molar-refractivity contribution < 1.29 is 14.6 Å². The normalized spacial score (nSPS) is 14.4. The minimum absolute atomic E-state index is 0.114. The molecule has 1 aromatic carbocycles. The average molecular weight is 240 g/mol. The summed E-state index contributed by atoms with van der Waals surface area (Å²) in [5.41, 5.74) is 2.31. The summed E-state index contributed by atoms with van der Waals surface area (Å²) in [5, 5.41) is 10.3. The molecule has 0 bridgehead atoms. The van der Waals surface area contributed by atoms with Crippen molar-refractivity contribution in [3.05, 3.63) is 35.9 Å². The number of carbonyl (C=O) groups excluding carboxylic acids is 1. The zero-order valence-electron chi connectivity index (χ0n) is 8.80. The SMILES string of the molecule is CC(NCC(=O)NO)(P=O)c1ccccc1. The van der Waals surface area contributed by atoms with Crippen LogP contribution < -0.4 is 10.8 Å². The van der Waals surface area contributed by atoms with Gasteiger partial charge in [-0.15, -0.1) is 0 Å². The highest BCUT2D eigenvalue weighted by molar-refractivity contribution is 7.25. The Kier molecular flexibility index (Phi) is 4.55. The number of amides is 1. The van der Waals surface area contributed by atoms with Crippen LogP contribution in [-0.2, 0) is 14.6 Å². The van der Waals surface area contributed by atoms with Crippen molar-refractivity contribution in [2.24, 2.45) is 0 Å². The Labute approximate surface area is 95.0 Å². The lowest BCUT2D eigenvalue weighted by Crippen LogP contribution is -2.41. The minimum atomic E-state index is -0.840. The molecule has 6 heteroatoms. The van der Waals surface area contributed by atoms with Crippen LogP contribution in [0.25, 0.3) is 0 Å². The maximum absolute atomic E-state index is 11.2. The summed E-state index contributed by atoms with van der Waals surface area (Å²) in [5.74, 6) is -0.578. The molecule has 0 aromatic heterocycles. The van der Waals surface area contributed by atoms with Crippen molar-refractivity contribution in [2.75, 3.05) is 6.54 Å². The standard InChI is InChI=1S/C10H13N2O3P/c1-10(16-15,11-7-9(13)12-14)8-5-3-2-4-6-8/h2-6,11,14H,7H2,1H3,(H,12,13). The zero-order valence-corrected chi connectivity index (χ0v) is 9.70. The summed E-state index contributed by atoms with van der Waals surface area (Å²) in [4.78, 5) is 10.9. The molecule has 0 aliphatic carbocycles. The van der Waals surface area contributed by atoms with Gasteiger partial charge in [0.1, 0.15) is 5.28 Å². The predicted octanol–water partition coefficient (Wildman–Crippen LogP) is 1.25. The Hall–Kier alpha value is -1.29. The summed E-state index contributed by atoms with van der Waals surface area (Å²) in [6.45, 7) is 1.60. The molecule has 86 valence electrons. The molecule has 0 saturated carbocycles. The predicted molar refractivity (Wildman–Crippen MR) is 59.3 cm³/mol. The first-order valence-corrected chi connectivity index (χ1v) is 5.51. The molecule has 5 nitrogen and oxygen atoms in total. The van der Waals surface area contributed by atoms with E-state index in [1.165, 1.54) is 5.48 Å².